The standard InChI is InChI=1S/C22H23N3O4S/c1-16(26)17-7-9-18(10-8-17)30(28,29)25-13-11-24(12-14-25)22(27)20-15-23(2)21-6-4-3-5-19(20)21/h3-10,15H,11-14H2,1-2H3. The Labute approximate surface area is 175 Å². The van der Waals surface area contributed by atoms with Gasteiger partial charge in [0.05, 0.1) is 10.5 Å². The molecule has 0 saturated carbocycles. The minimum absolute atomic E-state index is 0.0883. The molecule has 3 aromatic rings. The molecule has 0 spiro atoms. The Morgan fingerprint density at radius 2 is 1.53 bits per heavy atom. The van der Waals surface area contributed by atoms with E-state index in [0.29, 0.717) is 24.2 Å². The van der Waals surface area contributed by atoms with Crippen molar-refractivity contribution in [2.24, 2.45) is 7.05 Å². The highest BCUT2D eigenvalue weighted by molar-refractivity contribution is 7.89. The molecule has 0 radical (unpaired) electrons. The third kappa shape index (κ3) is 3.53. The molecule has 1 amide bonds. The lowest BCUT2D eigenvalue weighted by Crippen LogP contribution is -2.50. The first-order valence-corrected chi connectivity index (χ1v) is 11.2. The fourth-order valence-corrected chi connectivity index (χ4v) is 5.25. The normalized spacial score (nSPS) is 15.5. The molecule has 1 saturated heterocycles. The molecule has 0 unspecified atom stereocenters. The second-order valence-electron chi connectivity index (χ2n) is 7.45. The number of rotatable bonds is 4. The SMILES string of the molecule is CC(=O)c1ccc(S(=O)(=O)N2CCN(C(=O)c3cn(C)c4ccccc34)CC2)cc1. The quantitative estimate of drug-likeness (QED) is 0.602. The molecule has 30 heavy (non-hydrogen) atoms. The number of amides is 1. The summed E-state index contributed by atoms with van der Waals surface area (Å²) < 4.78 is 29.2. The number of carbonyl (C=O) groups is 2. The molecule has 0 bridgehead atoms. The zero-order valence-electron chi connectivity index (χ0n) is 16.9. The van der Waals surface area contributed by atoms with Crippen molar-refractivity contribution in [1.29, 1.82) is 0 Å². The van der Waals surface area contributed by atoms with E-state index in [1.54, 1.807) is 4.90 Å². The van der Waals surface area contributed by atoms with Gasteiger partial charge >= 0.3 is 0 Å². The van der Waals surface area contributed by atoms with Crippen LogP contribution >= 0.6 is 0 Å². The van der Waals surface area contributed by atoms with E-state index >= 15 is 0 Å². The van der Waals surface area contributed by atoms with Crippen LogP contribution in [0.15, 0.2) is 59.6 Å². The van der Waals surface area contributed by atoms with Crippen LogP contribution in [-0.2, 0) is 17.1 Å². The summed E-state index contributed by atoms with van der Waals surface area (Å²) in [7, 11) is -1.77. The van der Waals surface area contributed by atoms with Crippen LogP contribution < -0.4 is 0 Å². The molecule has 1 aromatic heterocycles. The fraction of sp³-hybridized carbons (Fsp3) is 0.273. The minimum Gasteiger partial charge on any atom is -0.350 e. The van der Waals surface area contributed by atoms with Gasteiger partial charge in [0.2, 0.25) is 10.0 Å². The molecule has 0 aliphatic carbocycles. The lowest BCUT2D eigenvalue weighted by atomic mass is 10.1. The summed E-state index contributed by atoms with van der Waals surface area (Å²) in [5.41, 5.74) is 2.08. The number of ketones is 1. The van der Waals surface area contributed by atoms with Gasteiger partial charge in [0, 0.05) is 55.9 Å². The monoisotopic (exact) mass is 425 g/mol. The Morgan fingerprint density at radius 1 is 0.900 bits per heavy atom. The number of para-hydroxylation sites is 1. The van der Waals surface area contributed by atoms with Crippen molar-refractivity contribution in [3.8, 4) is 0 Å². The first kappa shape index (κ1) is 20.3. The van der Waals surface area contributed by atoms with E-state index in [0.717, 1.165) is 10.9 Å². The van der Waals surface area contributed by atoms with E-state index in [-0.39, 0.29) is 29.7 Å². The Hall–Kier alpha value is -2.97. The van der Waals surface area contributed by atoms with Crippen molar-refractivity contribution < 1.29 is 18.0 Å². The number of piperazine rings is 1. The molecule has 1 fully saturated rings. The van der Waals surface area contributed by atoms with E-state index in [1.165, 1.54) is 35.5 Å². The van der Waals surface area contributed by atoms with E-state index in [1.807, 2.05) is 42.1 Å². The van der Waals surface area contributed by atoms with Gasteiger partial charge in [0.15, 0.2) is 5.78 Å². The highest BCUT2D eigenvalue weighted by atomic mass is 32.2. The van der Waals surface area contributed by atoms with E-state index in [9.17, 15) is 18.0 Å². The maximum atomic E-state index is 13.1. The number of aryl methyl sites for hydroxylation is 1. The lowest BCUT2D eigenvalue weighted by Gasteiger charge is -2.34. The third-order valence-corrected chi connectivity index (χ3v) is 7.46. The number of nitrogens with zero attached hydrogens (tertiary/aromatic N) is 3. The fourth-order valence-electron chi connectivity index (χ4n) is 3.82. The van der Waals surface area contributed by atoms with Gasteiger partial charge in [0.25, 0.3) is 5.91 Å². The zero-order chi connectivity index (χ0) is 21.5. The molecule has 7 nitrogen and oxygen atoms in total. The molecule has 0 atom stereocenters. The lowest BCUT2D eigenvalue weighted by molar-refractivity contribution is 0.0699. The largest absolute Gasteiger partial charge is 0.350 e. The van der Waals surface area contributed by atoms with Gasteiger partial charge in [-0.05, 0) is 25.1 Å². The van der Waals surface area contributed by atoms with Gasteiger partial charge in [-0.3, -0.25) is 9.59 Å². The summed E-state index contributed by atoms with van der Waals surface area (Å²) in [6, 6.07) is 13.7. The van der Waals surface area contributed by atoms with E-state index in [4.69, 9.17) is 0 Å². The van der Waals surface area contributed by atoms with Gasteiger partial charge in [-0.2, -0.15) is 4.31 Å². The Morgan fingerprint density at radius 3 is 2.17 bits per heavy atom. The number of fused-ring (bicyclic) bond motifs is 1. The highest BCUT2D eigenvalue weighted by Gasteiger charge is 2.31. The molecule has 4 rings (SSSR count). The third-order valence-electron chi connectivity index (χ3n) is 5.55. The van der Waals surface area contributed by atoms with Crippen LogP contribution in [0.25, 0.3) is 10.9 Å². The van der Waals surface area contributed by atoms with Crippen LogP contribution in [0.4, 0.5) is 0 Å². The second kappa shape index (κ2) is 7.70. The number of benzene rings is 2. The van der Waals surface area contributed by atoms with Crippen molar-refractivity contribution in [3.05, 3.63) is 65.9 Å². The molecule has 2 aromatic carbocycles. The van der Waals surface area contributed by atoms with Crippen LogP contribution in [0.5, 0.6) is 0 Å². The van der Waals surface area contributed by atoms with E-state index in [2.05, 4.69) is 0 Å². The van der Waals surface area contributed by atoms with Gasteiger partial charge in [-0.15, -0.1) is 0 Å². The molecule has 1 aliphatic rings. The number of sulfonamides is 1. The zero-order valence-corrected chi connectivity index (χ0v) is 17.7. The number of aromatic nitrogens is 1. The van der Waals surface area contributed by atoms with Gasteiger partial charge < -0.3 is 9.47 Å². The average molecular weight is 426 g/mol. The Bertz CT molecular complexity index is 1220. The molecular formula is C22H23N3O4S. The summed E-state index contributed by atoms with van der Waals surface area (Å²) in [5.74, 6) is -0.200. The predicted molar refractivity (Wildman–Crippen MR) is 114 cm³/mol. The predicted octanol–water partition coefficient (Wildman–Crippen LogP) is 2.53. The van der Waals surface area contributed by atoms with Crippen LogP contribution in [0.2, 0.25) is 0 Å². The number of carbonyl (C=O) groups excluding carboxylic acids is 2. The Balaban J connectivity index is 1.49. The van der Waals surface area contributed by atoms with Crippen LogP contribution in [0.1, 0.15) is 27.6 Å². The molecular weight excluding hydrogens is 402 g/mol. The summed E-state index contributed by atoms with van der Waals surface area (Å²) in [5, 5.41) is 0.894. The molecule has 1 aliphatic heterocycles. The smallest absolute Gasteiger partial charge is 0.256 e. The van der Waals surface area contributed by atoms with Crippen molar-refractivity contribution in [3.63, 3.8) is 0 Å². The van der Waals surface area contributed by atoms with Crippen LogP contribution in [-0.4, -0.2) is 60.1 Å². The van der Waals surface area contributed by atoms with Crippen molar-refractivity contribution in [2.75, 3.05) is 26.2 Å². The first-order chi connectivity index (χ1) is 14.3. The van der Waals surface area contributed by atoms with Crippen molar-refractivity contribution in [1.82, 2.24) is 13.8 Å². The molecule has 2 heterocycles. The topological polar surface area (TPSA) is 79.7 Å². The average Bonchev–Trinajstić information content (AvgIpc) is 3.10. The van der Waals surface area contributed by atoms with Crippen molar-refractivity contribution in [2.45, 2.75) is 11.8 Å². The summed E-state index contributed by atoms with van der Waals surface area (Å²) >= 11 is 0. The molecule has 156 valence electrons. The number of hydrogen-bond acceptors (Lipinski definition) is 4. The second-order valence-corrected chi connectivity index (χ2v) is 9.39. The maximum absolute atomic E-state index is 13.1. The first-order valence-electron chi connectivity index (χ1n) is 9.73. The molecule has 8 heteroatoms. The highest BCUT2D eigenvalue weighted by Crippen LogP contribution is 2.24. The van der Waals surface area contributed by atoms with E-state index < -0.39 is 10.0 Å². The van der Waals surface area contributed by atoms with Gasteiger partial charge in [-0.25, -0.2) is 8.42 Å². The summed E-state index contributed by atoms with van der Waals surface area (Å²) in [6.07, 6.45) is 1.83. The van der Waals surface area contributed by atoms with Gasteiger partial charge in [-0.1, -0.05) is 30.3 Å². The van der Waals surface area contributed by atoms with Crippen molar-refractivity contribution >= 4 is 32.6 Å². The summed E-state index contributed by atoms with van der Waals surface area (Å²) in [4.78, 5) is 26.3. The molecule has 0 N–H and O–H groups in total. The number of hydrogen-bond donors (Lipinski definition) is 0. The maximum Gasteiger partial charge on any atom is 0.256 e. The number of Topliss-reactive ketones (excluding diaryl/α,β-unsaturated/α-hetero) is 1. The Kier molecular flexibility index (Phi) is 5.21. The van der Waals surface area contributed by atoms with Crippen LogP contribution in [0, 0.1) is 0 Å². The van der Waals surface area contributed by atoms with Crippen LogP contribution in [0.3, 0.4) is 0 Å². The van der Waals surface area contributed by atoms with Gasteiger partial charge in [0.1, 0.15) is 0 Å². The summed E-state index contributed by atoms with van der Waals surface area (Å²) in [6.45, 7) is 2.55. The minimum atomic E-state index is -3.67.